The first-order valence-corrected chi connectivity index (χ1v) is 11.7. The number of hydrogen-bond acceptors (Lipinski definition) is 4. The van der Waals surface area contributed by atoms with E-state index in [4.69, 9.17) is 4.74 Å². The molecule has 4 rings (SSSR count). The van der Waals surface area contributed by atoms with Gasteiger partial charge in [0.25, 0.3) is 0 Å². The summed E-state index contributed by atoms with van der Waals surface area (Å²) in [6.45, 7) is 5.69. The number of aliphatic carboxylic acids is 1. The van der Waals surface area contributed by atoms with Gasteiger partial charge in [-0.3, -0.25) is 4.79 Å². The Kier molecular flexibility index (Phi) is 7.02. The van der Waals surface area contributed by atoms with Gasteiger partial charge in [-0.2, -0.15) is 0 Å². The number of nitrogens with one attached hydrogen (secondary N) is 1. The van der Waals surface area contributed by atoms with Crippen LogP contribution in [0.15, 0.2) is 30.3 Å². The lowest BCUT2D eigenvalue weighted by atomic mass is 9.82. The quantitative estimate of drug-likeness (QED) is 0.693. The van der Waals surface area contributed by atoms with E-state index in [0.29, 0.717) is 8.58 Å². The van der Waals surface area contributed by atoms with E-state index in [1.54, 1.807) is 4.90 Å². The second kappa shape index (κ2) is 9.34. The predicted octanol–water partition coefficient (Wildman–Crippen LogP) is 3.43. The number of carboxylic acids is 1. The number of carboxylic acid groups (broad SMARTS) is 1. The Labute approximate surface area is 179 Å². The van der Waals surface area contributed by atoms with Crippen LogP contribution in [0, 0.1) is 11.3 Å². The lowest BCUT2D eigenvalue weighted by Gasteiger charge is -2.45. The van der Waals surface area contributed by atoms with Gasteiger partial charge in [-0.1, -0.05) is 59.7 Å². The van der Waals surface area contributed by atoms with Crippen LogP contribution in [0.2, 0.25) is 0 Å². The molecule has 30 heavy (non-hydrogen) atoms. The van der Waals surface area contributed by atoms with Gasteiger partial charge in [0.15, 0.2) is 0 Å². The number of benzene rings is 1. The summed E-state index contributed by atoms with van der Waals surface area (Å²) in [6, 6.07) is 7.62. The Morgan fingerprint density at radius 3 is 2.53 bits per heavy atom. The summed E-state index contributed by atoms with van der Waals surface area (Å²) in [4.78, 5) is 39.7. The van der Waals surface area contributed by atoms with Crippen molar-refractivity contribution in [1.82, 2.24) is 10.2 Å². The third kappa shape index (κ3) is 5.12. The van der Waals surface area contributed by atoms with Crippen LogP contribution in [0.1, 0.15) is 45.6 Å². The molecule has 8 heteroatoms. The highest BCUT2D eigenvalue weighted by Crippen LogP contribution is 2.44. The van der Waals surface area contributed by atoms with E-state index in [1.165, 1.54) is 0 Å². The number of rotatable bonds is 5. The van der Waals surface area contributed by atoms with Crippen LogP contribution < -0.4 is 5.32 Å². The van der Waals surface area contributed by atoms with Gasteiger partial charge in [-0.05, 0) is 42.3 Å². The monoisotopic (exact) mass is 434 g/mol. The molecule has 1 aromatic carbocycles. The number of ether oxygens (including phenoxy) is 1. The van der Waals surface area contributed by atoms with Gasteiger partial charge >= 0.3 is 12.1 Å². The van der Waals surface area contributed by atoms with E-state index in [1.807, 2.05) is 51.1 Å². The van der Waals surface area contributed by atoms with E-state index in [9.17, 15) is 19.5 Å². The van der Waals surface area contributed by atoms with E-state index < -0.39 is 29.6 Å². The molecule has 0 aliphatic carbocycles. The third-order valence-electron chi connectivity index (χ3n) is 5.88. The summed E-state index contributed by atoms with van der Waals surface area (Å²) in [5.41, 5.74) is 0.254. The van der Waals surface area contributed by atoms with E-state index in [2.05, 4.69) is 5.32 Å². The van der Waals surface area contributed by atoms with Crippen LogP contribution in [0.5, 0.6) is 0 Å². The van der Waals surface area contributed by atoms with Gasteiger partial charge in [0, 0.05) is 5.78 Å². The number of carbonyl (C=O) groups excluding carboxylic acids is 2. The zero-order chi connectivity index (χ0) is 21.9. The molecule has 2 N–H and O–H groups in total. The molecule has 0 saturated carbocycles. The van der Waals surface area contributed by atoms with Gasteiger partial charge in [-0.25, -0.2) is 9.59 Å². The summed E-state index contributed by atoms with van der Waals surface area (Å²) in [5.74, 6) is -1.37. The van der Waals surface area contributed by atoms with Crippen molar-refractivity contribution in [2.45, 2.75) is 64.5 Å². The van der Waals surface area contributed by atoms with Crippen molar-refractivity contribution >= 4 is 26.6 Å². The van der Waals surface area contributed by atoms with Crippen LogP contribution in [-0.4, -0.2) is 52.0 Å². The first-order valence-electron chi connectivity index (χ1n) is 10.4. The van der Waals surface area contributed by atoms with Gasteiger partial charge in [-0.15, -0.1) is 0 Å². The zero-order valence-electron chi connectivity index (χ0n) is 17.8. The molecule has 2 amide bonds. The molecule has 164 valence electrons. The molecule has 0 radical (unpaired) electrons. The second-order valence-electron chi connectivity index (χ2n) is 9.13. The van der Waals surface area contributed by atoms with Crippen molar-refractivity contribution in [2.24, 2.45) is 11.3 Å². The Bertz CT molecular complexity index is 775. The Hall–Kier alpha value is -2.14. The van der Waals surface area contributed by atoms with Crippen molar-refractivity contribution in [1.29, 1.82) is 0 Å². The van der Waals surface area contributed by atoms with Crippen molar-refractivity contribution in [3.63, 3.8) is 0 Å². The average molecular weight is 434 g/mol. The van der Waals surface area contributed by atoms with E-state index in [0.717, 1.165) is 31.0 Å². The first kappa shape index (κ1) is 22.5. The topological polar surface area (TPSA) is 95.9 Å². The second-order valence-corrected chi connectivity index (χ2v) is 10.7. The fourth-order valence-corrected chi connectivity index (χ4v) is 6.05. The summed E-state index contributed by atoms with van der Waals surface area (Å²) >= 11 is 0. The van der Waals surface area contributed by atoms with Gasteiger partial charge in [0.05, 0.1) is 0 Å². The molecule has 5 atom stereocenters. The maximum atomic E-state index is 13.6. The average Bonchev–Trinajstić information content (AvgIpc) is 3.04. The maximum Gasteiger partial charge on any atom is 0.408 e. The fraction of sp³-hybridized carbons (Fsp3) is 0.591. The smallest absolute Gasteiger partial charge is 0.408 e. The highest BCUT2D eigenvalue weighted by Gasteiger charge is 2.49. The van der Waals surface area contributed by atoms with E-state index >= 15 is 0 Å². The highest BCUT2D eigenvalue weighted by atomic mass is 31.1. The minimum Gasteiger partial charge on any atom is -0.480 e. The van der Waals surface area contributed by atoms with Gasteiger partial charge in [0.2, 0.25) is 5.91 Å². The molecule has 3 aliphatic heterocycles. The summed E-state index contributed by atoms with van der Waals surface area (Å²) in [5, 5.41) is 12.6. The molecular weight excluding hydrogens is 403 g/mol. The van der Waals surface area contributed by atoms with Crippen molar-refractivity contribution in [3.8, 4) is 0 Å². The highest BCUT2D eigenvalue weighted by molar-refractivity contribution is 7.38. The third-order valence-corrected chi connectivity index (χ3v) is 7.50. The Morgan fingerprint density at radius 2 is 1.90 bits per heavy atom. The molecular formula is C22H31N2O5P. The molecule has 7 nitrogen and oxygen atoms in total. The lowest BCUT2D eigenvalue weighted by molar-refractivity contribution is -0.158. The molecule has 2 unspecified atom stereocenters. The molecule has 3 aliphatic rings. The summed E-state index contributed by atoms with van der Waals surface area (Å²) < 4.78 is 5.32. The maximum absolute atomic E-state index is 13.6. The molecule has 3 fully saturated rings. The van der Waals surface area contributed by atoms with Gasteiger partial charge < -0.3 is 20.1 Å². The molecule has 2 bridgehead atoms. The molecule has 0 aromatic heterocycles. The van der Waals surface area contributed by atoms with Crippen molar-refractivity contribution in [2.75, 3.05) is 6.16 Å². The Balaban J connectivity index is 1.76. The first-order chi connectivity index (χ1) is 14.2. The largest absolute Gasteiger partial charge is 0.480 e. The number of fused-ring (bicyclic) bond motifs is 4. The van der Waals surface area contributed by atoms with Crippen LogP contribution >= 0.6 is 8.58 Å². The summed E-state index contributed by atoms with van der Waals surface area (Å²) in [7, 11) is 0.531. The van der Waals surface area contributed by atoms with Crippen molar-refractivity contribution < 1.29 is 24.2 Å². The summed E-state index contributed by atoms with van der Waals surface area (Å²) in [6.07, 6.45) is 2.78. The number of nitrogens with zero attached hydrogens (tertiary/aromatic N) is 1. The van der Waals surface area contributed by atoms with Crippen molar-refractivity contribution in [3.05, 3.63) is 35.9 Å². The zero-order valence-corrected chi connectivity index (χ0v) is 18.8. The van der Waals surface area contributed by atoms with Gasteiger partial charge in [0.1, 0.15) is 18.7 Å². The van der Waals surface area contributed by atoms with Crippen LogP contribution in [-0.2, 0) is 20.9 Å². The van der Waals surface area contributed by atoms with E-state index in [-0.39, 0.29) is 24.2 Å². The number of carbonyl (C=O) groups is 3. The minimum atomic E-state index is -0.955. The number of hydrogen-bond donors (Lipinski definition) is 2. The standard InChI is InChI=1S/C22H31N2O5P/c1-22(2,3)18(23-21(28)29-13-14-7-5-4-6-8-14)19(25)24-16-10-9-15(11-12-30-16)17(24)20(26)27/h4-8,15-18,30H,9-13H2,1-3H3,(H,23,28)(H,26,27)/t15-,16-,17?,18-/m1/s1. The SMILES string of the molecule is CC(C)(C)[C@H](NC(=O)OCc1ccccc1)C(=O)N1C(C(=O)O)[C@H]2CCP[C@@H]1CC2. The fourth-order valence-electron chi connectivity index (χ4n) is 4.32. The van der Waals surface area contributed by atoms with Crippen LogP contribution in [0.25, 0.3) is 0 Å². The number of amides is 2. The number of alkyl carbamates (subject to hydrolysis) is 1. The lowest BCUT2D eigenvalue weighted by Crippen LogP contribution is -2.62. The minimum absolute atomic E-state index is 0.0247. The molecule has 0 spiro atoms. The predicted molar refractivity (Wildman–Crippen MR) is 116 cm³/mol. The molecule has 3 saturated heterocycles. The van der Waals surface area contributed by atoms with Crippen LogP contribution in [0.3, 0.4) is 0 Å². The molecule has 1 aromatic rings. The Morgan fingerprint density at radius 1 is 1.20 bits per heavy atom. The molecule has 3 heterocycles. The normalized spacial score (nSPS) is 25.4. The number of piperidine rings is 1. The van der Waals surface area contributed by atoms with Crippen LogP contribution in [0.4, 0.5) is 4.79 Å².